The van der Waals surface area contributed by atoms with Gasteiger partial charge in [0, 0.05) is 11.3 Å². The largest absolute Gasteiger partial charge is 0.496 e. The number of thiazole rings is 1. The van der Waals surface area contributed by atoms with Crippen molar-refractivity contribution in [3.05, 3.63) is 75.3 Å². The maximum absolute atomic E-state index is 15.9. The summed E-state index contributed by atoms with van der Waals surface area (Å²) in [5.41, 5.74) is -1.12. The SMILES string of the molecule is COc1ccccc1CCc1c(F)c(C(C)(C)C(=O)O)c(=O)n2c(C)c(-c3ncco3)sc12. The number of pyridine rings is 1. The second-order valence-corrected chi connectivity index (χ2v) is 9.21. The van der Waals surface area contributed by atoms with Gasteiger partial charge in [0.25, 0.3) is 5.56 Å². The van der Waals surface area contributed by atoms with Gasteiger partial charge in [-0.15, -0.1) is 11.3 Å². The monoisotopic (exact) mass is 470 g/mol. The predicted molar refractivity (Wildman–Crippen MR) is 123 cm³/mol. The van der Waals surface area contributed by atoms with Crippen LogP contribution in [0.4, 0.5) is 4.39 Å². The third-order valence-electron chi connectivity index (χ3n) is 5.85. The molecule has 0 saturated heterocycles. The molecule has 1 N–H and O–H groups in total. The highest BCUT2D eigenvalue weighted by Crippen LogP contribution is 2.36. The van der Waals surface area contributed by atoms with Crippen LogP contribution in [0.5, 0.6) is 5.75 Å². The Kier molecular flexibility index (Phi) is 5.84. The number of carboxylic acid groups (broad SMARTS) is 1. The van der Waals surface area contributed by atoms with Crippen molar-refractivity contribution in [1.82, 2.24) is 9.38 Å². The number of hydrogen-bond acceptors (Lipinski definition) is 6. The molecule has 0 fully saturated rings. The molecule has 0 saturated carbocycles. The summed E-state index contributed by atoms with van der Waals surface area (Å²) in [6.07, 6.45) is 3.59. The van der Waals surface area contributed by atoms with Gasteiger partial charge in [-0.1, -0.05) is 18.2 Å². The van der Waals surface area contributed by atoms with Gasteiger partial charge in [0.1, 0.15) is 27.5 Å². The molecule has 1 aromatic carbocycles. The van der Waals surface area contributed by atoms with Gasteiger partial charge in [0.15, 0.2) is 0 Å². The van der Waals surface area contributed by atoms with Crippen molar-refractivity contribution >= 4 is 22.1 Å². The first-order valence-electron chi connectivity index (χ1n) is 10.3. The molecule has 0 aliphatic carbocycles. The summed E-state index contributed by atoms with van der Waals surface area (Å²) < 4.78 is 28.1. The molecule has 7 nitrogen and oxygen atoms in total. The Hall–Kier alpha value is -3.46. The van der Waals surface area contributed by atoms with E-state index in [1.54, 1.807) is 14.0 Å². The lowest BCUT2D eigenvalue weighted by molar-refractivity contribution is -0.142. The number of carbonyl (C=O) groups is 1. The fraction of sp³-hybridized carbons (Fsp3) is 0.292. The third kappa shape index (κ3) is 3.72. The van der Waals surface area contributed by atoms with Crippen LogP contribution in [-0.2, 0) is 23.1 Å². The molecule has 0 aliphatic heterocycles. The fourth-order valence-corrected chi connectivity index (χ4v) is 5.18. The van der Waals surface area contributed by atoms with Crippen LogP contribution < -0.4 is 10.3 Å². The Morgan fingerprint density at radius 3 is 2.67 bits per heavy atom. The maximum Gasteiger partial charge on any atom is 0.313 e. The lowest BCUT2D eigenvalue weighted by Crippen LogP contribution is -2.38. The van der Waals surface area contributed by atoms with Crippen molar-refractivity contribution in [2.24, 2.45) is 0 Å². The molecule has 4 rings (SSSR count). The van der Waals surface area contributed by atoms with Crippen molar-refractivity contribution in [2.75, 3.05) is 7.11 Å². The molecule has 33 heavy (non-hydrogen) atoms. The zero-order valence-electron chi connectivity index (χ0n) is 18.6. The summed E-state index contributed by atoms with van der Waals surface area (Å²) in [4.78, 5) is 30.5. The van der Waals surface area contributed by atoms with Crippen LogP contribution in [0.2, 0.25) is 0 Å². The summed E-state index contributed by atoms with van der Waals surface area (Å²) >= 11 is 1.20. The number of halogens is 1. The average molecular weight is 471 g/mol. The molecule has 0 radical (unpaired) electrons. The number of aromatic nitrogens is 2. The second-order valence-electron chi connectivity index (χ2n) is 8.21. The third-order valence-corrected chi connectivity index (χ3v) is 7.14. The van der Waals surface area contributed by atoms with Crippen molar-refractivity contribution < 1.29 is 23.4 Å². The molecule has 0 spiro atoms. The predicted octanol–water partition coefficient (Wildman–Crippen LogP) is 4.62. The first kappa shape index (κ1) is 22.7. The number of fused-ring (bicyclic) bond motifs is 1. The molecule has 0 atom stereocenters. The quantitative estimate of drug-likeness (QED) is 0.424. The molecular formula is C24H23FN2O5S. The van der Waals surface area contributed by atoms with Gasteiger partial charge < -0.3 is 14.3 Å². The van der Waals surface area contributed by atoms with E-state index in [0.29, 0.717) is 33.5 Å². The first-order valence-corrected chi connectivity index (χ1v) is 11.1. The normalized spacial score (nSPS) is 11.8. The second kappa shape index (κ2) is 8.47. The number of benzene rings is 1. The zero-order chi connectivity index (χ0) is 23.9. The van der Waals surface area contributed by atoms with Gasteiger partial charge in [-0.25, -0.2) is 9.37 Å². The highest BCUT2D eigenvalue weighted by Gasteiger charge is 2.38. The van der Waals surface area contributed by atoms with E-state index in [1.165, 1.54) is 42.0 Å². The van der Waals surface area contributed by atoms with E-state index in [9.17, 15) is 14.7 Å². The summed E-state index contributed by atoms with van der Waals surface area (Å²) in [5, 5.41) is 9.75. The van der Waals surface area contributed by atoms with Crippen LogP contribution in [0.3, 0.4) is 0 Å². The first-order chi connectivity index (χ1) is 15.7. The van der Waals surface area contributed by atoms with Gasteiger partial charge >= 0.3 is 5.97 Å². The smallest absolute Gasteiger partial charge is 0.313 e. The summed E-state index contributed by atoms with van der Waals surface area (Å²) in [6.45, 7) is 4.38. The number of oxazole rings is 1. The number of ether oxygens (including phenoxy) is 1. The number of methoxy groups -OCH3 is 1. The number of nitrogens with zero attached hydrogens (tertiary/aromatic N) is 2. The van der Waals surface area contributed by atoms with Gasteiger partial charge in [0.05, 0.1) is 24.3 Å². The van der Waals surface area contributed by atoms with E-state index in [-0.39, 0.29) is 17.5 Å². The molecule has 0 bridgehead atoms. The van der Waals surface area contributed by atoms with E-state index < -0.39 is 22.8 Å². The van der Waals surface area contributed by atoms with Gasteiger partial charge in [-0.3, -0.25) is 14.0 Å². The van der Waals surface area contributed by atoms with Crippen molar-refractivity contribution in [3.8, 4) is 16.5 Å². The number of hydrogen-bond donors (Lipinski definition) is 1. The van der Waals surface area contributed by atoms with Crippen molar-refractivity contribution in [1.29, 1.82) is 0 Å². The molecule has 0 aliphatic rings. The Morgan fingerprint density at radius 1 is 1.30 bits per heavy atom. The van der Waals surface area contributed by atoms with Crippen molar-refractivity contribution in [2.45, 2.75) is 39.0 Å². The minimum Gasteiger partial charge on any atom is -0.496 e. The van der Waals surface area contributed by atoms with E-state index in [2.05, 4.69) is 4.98 Å². The Balaban J connectivity index is 1.98. The maximum atomic E-state index is 15.9. The topological polar surface area (TPSA) is 94.0 Å². The molecule has 172 valence electrons. The van der Waals surface area contributed by atoms with Crippen LogP contribution in [0.25, 0.3) is 15.6 Å². The number of aryl methyl sites for hydroxylation is 3. The van der Waals surface area contributed by atoms with Crippen LogP contribution in [0.1, 0.15) is 36.2 Å². The van der Waals surface area contributed by atoms with Crippen molar-refractivity contribution in [3.63, 3.8) is 0 Å². The lowest BCUT2D eigenvalue weighted by Gasteiger charge is -2.21. The number of para-hydroxylation sites is 1. The molecule has 3 aromatic heterocycles. The number of rotatable bonds is 7. The summed E-state index contributed by atoms with van der Waals surface area (Å²) in [5.74, 6) is -1.08. The van der Waals surface area contributed by atoms with Gasteiger partial charge in [0.2, 0.25) is 5.89 Å². The number of carboxylic acids is 1. The zero-order valence-corrected chi connectivity index (χ0v) is 19.5. The minimum atomic E-state index is -1.72. The van der Waals surface area contributed by atoms with E-state index in [0.717, 1.165) is 5.56 Å². The highest BCUT2D eigenvalue weighted by molar-refractivity contribution is 7.21. The molecule has 4 aromatic rings. The average Bonchev–Trinajstić information content (AvgIpc) is 3.41. The van der Waals surface area contributed by atoms with E-state index in [1.807, 2.05) is 24.3 Å². The van der Waals surface area contributed by atoms with Crippen LogP contribution >= 0.6 is 11.3 Å². The molecule has 0 amide bonds. The van der Waals surface area contributed by atoms with Crippen LogP contribution in [0.15, 0.2) is 45.9 Å². The van der Waals surface area contributed by atoms with Crippen LogP contribution in [-0.4, -0.2) is 27.6 Å². The van der Waals surface area contributed by atoms with Gasteiger partial charge in [-0.05, 0) is 45.2 Å². The Labute approximate surface area is 193 Å². The Morgan fingerprint density at radius 2 is 2.03 bits per heavy atom. The molecule has 0 unspecified atom stereocenters. The summed E-state index contributed by atoms with van der Waals surface area (Å²) in [6, 6.07) is 7.44. The highest BCUT2D eigenvalue weighted by atomic mass is 32.1. The van der Waals surface area contributed by atoms with Gasteiger partial charge in [-0.2, -0.15) is 0 Å². The lowest BCUT2D eigenvalue weighted by atomic mass is 9.84. The standard InChI is InChI=1S/C24H23FN2O5S/c1-13-19(20-26-11-12-32-20)33-22-15(10-9-14-7-5-6-8-16(14)31-4)18(25)17(21(28)27(13)22)24(2,3)23(29)30/h5-8,11-12H,9-10H2,1-4H3,(H,29,30). The van der Waals surface area contributed by atoms with Crippen LogP contribution in [0, 0.1) is 12.7 Å². The summed E-state index contributed by atoms with van der Waals surface area (Å²) in [7, 11) is 1.57. The molecule has 3 heterocycles. The molecular weight excluding hydrogens is 447 g/mol. The minimum absolute atomic E-state index is 0.240. The molecule has 9 heteroatoms. The van der Waals surface area contributed by atoms with E-state index >= 15 is 4.39 Å². The van der Waals surface area contributed by atoms with E-state index in [4.69, 9.17) is 9.15 Å². The fourth-order valence-electron chi connectivity index (χ4n) is 3.93. The number of aliphatic carboxylic acids is 1. The Bertz CT molecular complexity index is 1400.